The van der Waals surface area contributed by atoms with Crippen LogP contribution in [0.2, 0.25) is 5.02 Å². The summed E-state index contributed by atoms with van der Waals surface area (Å²) >= 11 is 6.02. The highest BCUT2D eigenvalue weighted by molar-refractivity contribution is 6.30. The molecule has 1 aliphatic heterocycles. The highest BCUT2D eigenvalue weighted by Gasteiger charge is 2.29. The molecule has 0 radical (unpaired) electrons. The summed E-state index contributed by atoms with van der Waals surface area (Å²) in [6.07, 6.45) is 2.57. The van der Waals surface area contributed by atoms with Gasteiger partial charge in [0.2, 0.25) is 0 Å². The van der Waals surface area contributed by atoms with Gasteiger partial charge in [-0.2, -0.15) is 0 Å². The van der Waals surface area contributed by atoms with Crippen LogP contribution in [-0.2, 0) is 16.1 Å². The van der Waals surface area contributed by atoms with E-state index < -0.39 is 11.9 Å². The lowest BCUT2D eigenvalue weighted by Crippen LogP contribution is -2.24. The van der Waals surface area contributed by atoms with Crippen molar-refractivity contribution in [2.24, 2.45) is 0 Å². The Morgan fingerprint density at radius 1 is 1.24 bits per heavy atom. The number of benzene rings is 1. The Hall–Kier alpha value is -3.20. The topological polar surface area (TPSA) is 78.6 Å². The molecule has 5 rings (SSSR count). The number of hydrogen-bond acceptors (Lipinski definition) is 6. The van der Waals surface area contributed by atoms with Crippen molar-refractivity contribution in [2.75, 3.05) is 7.11 Å². The standard InChI is InChI=1S/C28H28ClFN4O3/c1-5-17(11-24(36-4)18-8-9-31-15(2)10-18)22-13-25-32-23-14-37-16(3)26(23)28(35)34(25)27(33-22)20-7-6-19(29)12-21(20)30/h6-10,12-13,16-17,24H,5,11,14H2,1-4H3. The number of rotatable bonds is 7. The molecule has 0 spiro atoms. The molecule has 0 saturated heterocycles. The first-order chi connectivity index (χ1) is 17.8. The number of pyridine rings is 1. The summed E-state index contributed by atoms with van der Waals surface area (Å²) < 4.78 is 28.1. The first-order valence-corrected chi connectivity index (χ1v) is 12.7. The van der Waals surface area contributed by atoms with Gasteiger partial charge in [0.05, 0.1) is 35.6 Å². The first-order valence-electron chi connectivity index (χ1n) is 12.3. The van der Waals surface area contributed by atoms with Gasteiger partial charge >= 0.3 is 0 Å². The van der Waals surface area contributed by atoms with Crippen LogP contribution < -0.4 is 5.56 Å². The minimum Gasteiger partial charge on any atom is -0.377 e. The smallest absolute Gasteiger partial charge is 0.265 e. The van der Waals surface area contributed by atoms with E-state index in [1.54, 1.807) is 25.4 Å². The van der Waals surface area contributed by atoms with Crippen molar-refractivity contribution < 1.29 is 13.9 Å². The largest absolute Gasteiger partial charge is 0.377 e. The maximum Gasteiger partial charge on any atom is 0.265 e. The molecule has 192 valence electrons. The Morgan fingerprint density at radius 3 is 2.76 bits per heavy atom. The van der Waals surface area contributed by atoms with Crippen molar-refractivity contribution in [2.45, 2.75) is 58.3 Å². The molecule has 1 aliphatic rings. The summed E-state index contributed by atoms with van der Waals surface area (Å²) in [4.78, 5) is 27.5. The zero-order chi connectivity index (χ0) is 26.3. The number of aromatic nitrogens is 4. The summed E-state index contributed by atoms with van der Waals surface area (Å²) in [5.74, 6) is -0.420. The van der Waals surface area contributed by atoms with E-state index in [-0.39, 0.29) is 40.6 Å². The van der Waals surface area contributed by atoms with Crippen molar-refractivity contribution in [1.82, 2.24) is 19.4 Å². The molecule has 0 aliphatic carbocycles. The van der Waals surface area contributed by atoms with Crippen molar-refractivity contribution in [3.05, 3.63) is 92.0 Å². The van der Waals surface area contributed by atoms with E-state index in [0.29, 0.717) is 29.0 Å². The van der Waals surface area contributed by atoms with E-state index in [4.69, 9.17) is 31.0 Å². The molecule has 0 amide bonds. The number of methoxy groups -OCH3 is 1. The molecule has 0 saturated carbocycles. The Balaban J connectivity index is 1.69. The van der Waals surface area contributed by atoms with Crippen molar-refractivity contribution in [3.8, 4) is 11.4 Å². The third-order valence-electron chi connectivity index (χ3n) is 6.98. The monoisotopic (exact) mass is 522 g/mol. The van der Waals surface area contributed by atoms with Crippen LogP contribution in [0.4, 0.5) is 4.39 Å². The molecule has 0 N–H and O–H groups in total. The second-order valence-corrected chi connectivity index (χ2v) is 9.79. The Bertz CT molecular complexity index is 1540. The van der Waals surface area contributed by atoms with Gasteiger partial charge in [0, 0.05) is 41.7 Å². The van der Waals surface area contributed by atoms with Crippen molar-refractivity contribution in [1.29, 1.82) is 0 Å². The van der Waals surface area contributed by atoms with Gasteiger partial charge in [0.25, 0.3) is 5.56 Å². The lowest BCUT2D eigenvalue weighted by molar-refractivity contribution is 0.0782. The number of fused-ring (bicyclic) bond motifs is 2. The van der Waals surface area contributed by atoms with Gasteiger partial charge in [-0.25, -0.2) is 18.8 Å². The summed E-state index contributed by atoms with van der Waals surface area (Å²) in [5.41, 5.74) is 4.00. The Morgan fingerprint density at radius 2 is 2.05 bits per heavy atom. The fraction of sp³-hybridized carbons (Fsp3) is 0.357. The average Bonchev–Trinajstić information content (AvgIpc) is 3.24. The van der Waals surface area contributed by atoms with Gasteiger partial charge in [-0.3, -0.25) is 9.78 Å². The van der Waals surface area contributed by atoms with Crippen LogP contribution in [0.3, 0.4) is 0 Å². The quantitative estimate of drug-likeness (QED) is 0.291. The summed E-state index contributed by atoms with van der Waals surface area (Å²) in [6.45, 7) is 6.08. The molecule has 3 atom stereocenters. The van der Waals surface area contributed by atoms with Gasteiger partial charge in [-0.1, -0.05) is 18.5 Å². The molecular weight excluding hydrogens is 495 g/mol. The predicted octanol–water partition coefficient (Wildman–Crippen LogP) is 6.12. The molecule has 0 bridgehead atoms. The SMILES string of the molecule is CCC(CC(OC)c1ccnc(C)c1)c1cc2nc3c(c(=O)n2c(-c2ccc(Cl)cc2F)n1)C(C)OC3. The van der Waals surface area contributed by atoms with Crippen LogP contribution in [0.5, 0.6) is 0 Å². The highest BCUT2D eigenvalue weighted by atomic mass is 35.5. The Labute approximate surface area is 219 Å². The molecule has 37 heavy (non-hydrogen) atoms. The van der Waals surface area contributed by atoms with Crippen LogP contribution in [0.1, 0.15) is 73.0 Å². The van der Waals surface area contributed by atoms with Gasteiger partial charge in [0.1, 0.15) is 11.5 Å². The maximum atomic E-state index is 15.2. The minimum absolute atomic E-state index is 0.0436. The van der Waals surface area contributed by atoms with Crippen molar-refractivity contribution in [3.63, 3.8) is 0 Å². The molecule has 3 unspecified atom stereocenters. The van der Waals surface area contributed by atoms with Gasteiger partial charge in [-0.15, -0.1) is 0 Å². The predicted molar refractivity (Wildman–Crippen MR) is 139 cm³/mol. The summed E-state index contributed by atoms with van der Waals surface area (Å²) in [6, 6.07) is 10.1. The van der Waals surface area contributed by atoms with Gasteiger partial charge in [-0.05, 0) is 62.6 Å². The number of hydrogen-bond donors (Lipinski definition) is 0. The number of nitrogens with zero attached hydrogens (tertiary/aromatic N) is 4. The molecule has 9 heteroatoms. The molecule has 1 aromatic carbocycles. The van der Waals surface area contributed by atoms with Crippen LogP contribution in [-0.4, -0.2) is 26.5 Å². The summed E-state index contributed by atoms with van der Waals surface area (Å²) in [7, 11) is 1.68. The zero-order valence-electron chi connectivity index (χ0n) is 21.2. The normalized spacial score (nSPS) is 16.6. The molecule has 4 heterocycles. The molecular formula is C28H28ClFN4O3. The fourth-order valence-electron chi connectivity index (χ4n) is 4.99. The van der Waals surface area contributed by atoms with E-state index in [9.17, 15) is 4.79 Å². The summed E-state index contributed by atoms with van der Waals surface area (Å²) in [5, 5.41) is 0.261. The number of halogens is 2. The van der Waals surface area contributed by atoms with E-state index in [0.717, 1.165) is 17.7 Å². The third-order valence-corrected chi connectivity index (χ3v) is 7.22. The van der Waals surface area contributed by atoms with E-state index in [2.05, 4.69) is 11.9 Å². The molecule has 4 aromatic rings. The second kappa shape index (κ2) is 10.3. The number of aryl methyl sites for hydroxylation is 1. The number of ether oxygens (including phenoxy) is 2. The third kappa shape index (κ3) is 4.77. The fourth-order valence-corrected chi connectivity index (χ4v) is 5.15. The maximum absolute atomic E-state index is 15.2. The van der Waals surface area contributed by atoms with Crippen LogP contribution in [0, 0.1) is 12.7 Å². The highest BCUT2D eigenvalue weighted by Crippen LogP contribution is 2.35. The second-order valence-electron chi connectivity index (χ2n) is 9.35. The van der Waals surface area contributed by atoms with Crippen LogP contribution in [0.15, 0.2) is 47.4 Å². The van der Waals surface area contributed by atoms with Crippen molar-refractivity contribution >= 4 is 17.2 Å². The average molecular weight is 523 g/mol. The lowest BCUT2D eigenvalue weighted by atomic mass is 9.91. The van der Waals surface area contributed by atoms with Crippen LogP contribution in [0.25, 0.3) is 17.0 Å². The van der Waals surface area contributed by atoms with E-state index in [1.807, 2.05) is 32.0 Å². The van der Waals surface area contributed by atoms with Crippen LogP contribution >= 0.6 is 11.6 Å². The zero-order valence-corrected chi connectivity index (χ0v) is 21.9. The Kier molecular flexibility index (Phi) is 7.07. The first kappa shape index (κ1) is 25.4. The van der Waals surface area contributed by atoms with E-state index >= 15 is 4.39 Å². The molecule has 3 aromatic heterocycles. The minimum atomic E-state index is -0.565. The lowest BCUT2D eigenvalue weighted by Gasteiger charge is -2.23. The van der Waals surface area contributed by atoms with Gasteiger partial charge < -0.3 is 9.47 Å². The van der Waals surface area contributed by atoms with Gasteiger partial charge in [0.15, 0.2) is 5.82 Å². The molecule has 7 nitrogen and oxygen atoms in total. The van der Waals surface area contributed by atoms with E-state index in [1.165, 1.54) is 10.5 Å². The molecule has 0 fully saturated rings.